The molecule has 7 nitrogen and oxygen atoms in total. The standard InChI is InChI=1S/C5H6N2O5P2/c1-11-14(10,12-2)5(7-6)4(8)3-13-9/h1-2H3. The van der Waals surface area contributed by atoms with Gasteiger partial charge in [-0.1, -0.05) is 0 Å². The van der Waals surface area contributed by atoms with Crippen LogP contribution in [0.2, 0.25) is 0 Å². The molecule has 0 aromatic heterocycles. The van der Waals surface area contributed by atoms with E-state index >= 15 is 0 Å². The molecule has 0 radical (unpaired) electrons. The molecule has 0 fully saturated rings. The number of Topliss-reactive ketones (excluding diaryl/α,β-unsaturated/α-hetero) is 1. The molecule has 0 saturated heterocycles. The van der Waals surface area contributed by atoms with E-state index in [1.807, 2.05) is 0 Å². The van der Waals surface area contributed by atoms with E-state index in [9.17, 15) is 13.9 Å². The summed E-state index contributed by atoms with van der Waals surface area (Å²) in [4.78, 5) is 13.5. The fourth-order valence-corrected chi connectivity index (χ4v) is 1.75. The van der Waals surface area contributed by atoms with Crippen molar-refractivity contribution in [2.75, 3.05) is 14.2 Å². The molecule has 9 heteroatoms. The molecule has 0 bridgehead atoms. The summed E-state index contributed by atoms with van der Waals surface area (Å²) >= 11 is 0. The number of carbonyl (C=O) groups excluding carboxylic acids is 1. The van der Waals surface area contributed by atoms with Gasteiger partial charge in [-0.15, -0.1) is 0 Å². The molecule has 0 aliphatic heterocycles. The van der Waals surface area contributed by atoms with Crippen LogP contribution in [0.15, 0.2) is 0 Å². The van der Waals surface area contributed by atoms with Crippen molar-refractivity contribution in [3.05, 3.63) is 5.53 Å². The van der Waals surface area contributed by atoms with Gasteiger partial charge < -0.3 is 0 Å². The maximum atomic E-state index is 11.5. The molecule has 0 N–H and O–H groups in total. The number of hydrogen-bond donors (Lipinski definition) is 0. The van der Waals surface area contributed by atoms with Crippen molar-refractivity contribution in [2.24, 2.45) is 0 Å². The summed E-state index contributed by atoms with van der Waals surface area (Å²) in [7, 11) is -2.63. The van der Waals surface area contributed by atoms with Crippen LogP contribution in [-0.2, 0) is 23.0 Å². The van der Waals surface area contributed by atoms with Gasteiger partial charge in [0.2, 0.25) is 0 Å². The second-order valence-corrected chi connectivity index (χ2v) is 4.37. The summed E-state index contributed by atoms with van der Waals surface area (Å²) in [6.45, 7) is 0. The van der Waals surface area contributed by atoms with Crippen molar-refractivity contribution in [1.29, 1.82) is 0 Å². The number of ketones is 1. The maximum absolute atomic E-state index is 11.5. The molecular formula is C5H6N2O5P2. The van der Waals surface area contributed by atoms with E-state index in [0.717, 1.165) is 14.2 Å². The van der Waals surface area contributed by atoms with E-state index in [1.54, 1.807) is 5.63 Å². The van der Waals surface area contributed by atoms with E-state index in [1.165, 1.54) is 0 Å². The fraction of sp³-hybridized carbons (Fsp3) is 0.400. The van der Waals surface area contributed by atoms with Crippen molar-refractivity contribution < 1.29 is 27.8 Å². The van der Waals surface area contributed by atoms with Crippen LogP contribution in [0.4, 0.5) is 0 Å². The summed E-state index contributed by atoms with van der Waals surface area (Å²) in [6, 6.07) is 0. The van der Waals surface area contributed by atoms with Crippen LogP contribution in [0.25, 0.3) is 5.53 Å². The Morgan fingerprint density at radius 2 is 2.00 bits per heavy atom. The molecule has 0 aliphatic rings. The van der Waals surface area contributed by atoms with Crippen LogP contribution in [-0.4, -0.2) is 30.2 Å². The van der Waals surface area contributed by atoms with Gasteiger partial charge in [0.05, 0.1) is 0 Å². The van der Waals surface area contributed by atoms with E-state index in [4.69, 9.17) is 5.53 Å². The second-order valence-electron chi connectivity index (χ2n) is 1.82. The molecule has 0 amide bonds. The summed E-state index contributed by atoms with van der Waals surface area (Å²) in [5, 5.41) is 0. The molecule has 0 heterocycles. The van der Waals surface area contributed by atoms with E-state index in [2.05, 4.69) is 13.8 Å². The first-order valence-corrected chi connectivity index (χ1v) is 5.48. The molecular weight excluding hydrogens is 230 g/mol. The summed E-state index contributed by atoms with van der Waals surface area (Å²) in [5.41, 5.74) is 9.27. The first-order chi connectivity index (χ1) is 6.55. The van der Waals surface area contributed by atoms with Gasteiger partial charge in [-0.05, 0) is 0 Å². The molecule has 0 saturated carbocycles. The number of rotatable bonds is 4. The molecule has 14 heavy (non-hydrogen) atoms. The Hall–Kier alpha value is -0.790. The molecule has 0 aromatic rings. The number of nitrogens with zero attached hydrogens (tertiary/aromatic N) is 2. The number of carbonyl (C=O) groups is 1. The third kappa shape index (κ3) is 2.86. The Bertz CT molecular complexity index is 424. The van der Waals surface area contributed by atoms with Crippen LogP contribution in [0.3, 0.4) is 0 Å². The van der Waals surface area contributed by atoms with E-state index in [0.29, 0.717) is 0 Å². The van der Waals surface area contributed by atoms with Gasteiger partial charge in [0, 0.05) is 0 Å². The number of hydrogen-bond acceptors (Lipinski definition) is 5. The topological polar surface area (TPSA) is 106 Å². The van der Waals surface area contributed by atoms with Gasteiger partial charge in [0.1, 0.15) is 0 Å². The van der Waals surface area contributed by atoms with Crippen molar-refractivity contribution in [3.63, 3.8) is 0 Å². The first-order valence-electron chi connectivity index (χ1n) is 3.12. The van der Waals surface area contributed by atoms with E-state index < -0.39 is 26.7 Å². The summed E-state index contributed by atoms with van der Waals surface area (Å²) in [5.74, 6) is -1.11. The molecule has 0 rings (SSSR count). The van der Waals surface area contributed by atoms with Crippen molar-refractivity contribution in [2.45, 2.75) is 0 Å². The summed E-state index contributed by atoms with van der Waals surface area (Å²) < 4.78 is 30.3. The SMILES string of the molecule is COP(=O)(OC)C(=[N+]=[N-])C(=O)C#P=O. The first kappa shape index (κ1) is 13.2. The predicted octanol–water partition coefficient (Wildman–Crippen LogP) is 0.921. The molecule has 0 unspecified atom stereocenters. The molecule has 0 aromatic carbocycles. The minimum absolute atomic E-state index is 0.721. The van der Waals surface area contributed by atoms with Crippen LogP contribution < -0.4 is 0 Å². The van der Waals surface area contributed by atoms with Crippen molar-refractivity contribution in [1.82, 2.24) is 0 Å². The minimum atomic E-state index is -3.93. The van der Waals surface area contributed by atoms with Gasteiger partial charge in [-0.2, -0.15) is 0 Å². The molecule has 0 aliphatic carbocycles. The van der Waals surface area contributed by atoms with Crippen LogP contribution in [0.1, 0.15) is 0 Å². The van der Waals surface area contributed by atoms with Gasteiger partial charge in [0.25, 0.3) is 0 Å². The zero-order valence-electron chi connectivity index (χ0n) is 7.33. The second kappa shape index (κ2) is 5.84. The molecule has 0 atom stereocenters. The van der Waals surface area contributed by atoms with Crippen LogP contribution >= 0.6 is 15.5 Å². The normalized spacial score (nSPS) is 9.86. The fourth-order valence-electron chi connectivity index (χ4n) is 0.563. The molecule has 76 valence electrons. The van der Waals surface area contributed by atoms with Crippen LogP contribution in [0.5, 0.6) is 0 Å². The monoisotopic (exact) mass is 236 g/mol. The summed E-state index contributed by atoms with van der Waals surface area (Å²) in [6.07, 6.45) is 0. The average Bonchev–Trinajstić information content (AvgIpc) is 2.19. The Morgan fingerprint density at radius 1 is 1.50 bits per heavy atom. The Kier molecular flexibility index (Phi) is 5.51. The Balaban J connectivity index is 5.39. The predicted molar refractivity (Wildman–Crippen MR) is 46.8 cm³/mol. The zero-order valence-corrected chi connectivity index (χ0v) is 9.12. The third-order valence-corrected chi connectivity index (χ3v) is 3.25. The molecule has 0 spiro atoms. The third-order valence-electron chi connectivity index (χ3n) is 1.19. The van der Waals surface area contributed by atoms with Gasteiger partial charge in [-0.25, -0.2) is 0 Å². The zero-order chi connectivity index (χ0) is 11.2. The van der Waals surface area contributed by atoms with E-state index in [-0.39, 0.29) is 0 Å². The Labute approximate surface area is 80.7 Å². The van der Waals surface area contributed by atoms with Gasteiger partial charge >= 0.3 is 79.9 Å². The van der Waals surface area contributed by atoms with Crippen molar-refractivity contribution >= 4 is 26.7 Å². The Morgan fingerprint density at radius 3 is 2.29 bits per heavy atom. The van der Waals surface area contributed by atoms with Gasteiger partial charge in [0.15, 0.2) is 0 Å². The van der Waals surface area contributed by atoms with Crippen molar-refractivity contribution in [3.8, 4) is 5.63 Å². The van der Waals surface area contributed by atoms with Gasteiger partial charge in [-0.3, -0.25) is 0 Å². The quantitative estimate of drug-likeness (QED) is 0.312. The average molecular weight is 236 g/mol. The van der Waals surface area contributed by atoms with Crippen LogP contribution in [0, 0.1) is 5.63 Å².